The van der Waals surface area contributed by atoms with Crippen molar-refractivity contribution in [3.63, 3.8) is 0 Å². The maximum Gasteiger partial charge on any atom is 0.197 e. The minimum absolute atomic E-state index is 0.0381. The number of hydrogen-bond acceptors (Lipinski definition) is 1. The number of para-hydroxylation sites is 1. The van der Waals surface area contributed by atoms with Crippen molar-refractivity contribution in [2.24, 2.45) is 7.05 Å². The maximum atomic E-state index is 12.3. The van der Waals surface area contributed by atoms with Crippen LogP contribution in [0.1, 0.15) is 0 Å². The first-order chi connectivity index (χ1) is 8.18. The Bertz CT molecular complexity index is 789. The zero-order valence-electron chi connectivity index (χ0n) is 9.27. The smallest absolute Gasteiger partial charge is 0.197 e. The molecule has 3 heteroatoms. The molecule has 0 aliphatic carbocycles. The number of aryl methyl sites for hydroxylation is 1. The molecule has 84 valence electrons. The zero-order chi connectivity index (χ0) is 12.0. The molecule has 0 saturated carbocycles. The number of pyridine rings is 1. The molecule has 0 aliphatic rings. The zero-order valence-corrected chi connectivity index (χ0v) is 10.0. The van der Waals surface area contributed by atoms with Crippen LogP contribution in [-0.2, 0) is 7.05 Å². The van der Waals surface area contributed by atoms with Crippen LogP contribution in [0, 0.1) is 0 Å². The molecule has 0 unspecified atom stereocenters. The number of rotatable bonds is 0. The normalized spacial score (nSPS) is 11.2. The number of halogens is 1. The summed E-state index contributed by atoms with van der Waals surface area (Å²) in [5.74, 6) is 0. The third kappa shape index (κ3) is 1.45. The van der Waals surface area contributed by atoms with Gasteiger partial charge in [-0.15, -0.1) is 0 Å². The van der Waals surface area contributed by atoms with E-state index in [1.165, 1.54) is 0 Å². The highest BCUT2D eigenvalue weighted by Crippen LogP contribution is 2.20. The Morgan fingerprint density at radius 3 is 2.53 bits per heavy atom. The summed E-state index contributed by atoms with van der Waals surface area (Å²) in [5.41, 5.74) is 1.88. The van der Waals surface area contributed by atoms with Crippen LogP contribution in [0.5, 0.6) is 0 Å². The summed E-state index contributed by atoms with van der Waals surface area (Å²) in [7, 11) is 1.96. The molecule has 3 rings (SSSR count). The van der Waals surface area contributed by atoms with Crippen molar-refractivity contribution in [1.82, 2.24) is 4.57 Å². The highest BCUT2D eigenvalue weighted by atomic mass is 35.5. The van der Waals surface area contributed by atoms with E-state index in [0.29, 0.717) is 10.4 Å². The van der Waals surface area contributed by atoms with E-state index in [2.05, 4.69) is 0 Å². The summed E-state index contributed by atoms with van der Waals surface area (Å²) in [5, 5.41) is 1.98. The summed E-state index contributed by atoms with van der Waals surface area (Å²) >= 11 is 5.95. The van der Waals surface area contributed by atoms with Crippen molar-refractivity contribution < 1.29 is 0 Å². The SMILES string of the molecule is Cn1c2ccccc2c(=O)c2cc(Cl)ccc21. The molecule has 17 heavy (non-hydrogen) atoms. The first kappa shape index (κ1) is 10.4. The lowest BCUT2D eigenvalue weighted by Gasteiger charge is -2.09. The Morgan fingerprint density at radius 1 is 1.00 bits per heavy atom. The predicted octanol–water partition coefficient (Wildman–Crippen LogP) is 3.35. The highest BCUT2D eigenvalue weighted by Gasteiger charge is 2.07. The third-order valence-electron chi connectivity index (χ3n) is 3.07. The number of hydrogen-bond donors (Lipinski definition) is 0. The van der Waals surface area contributed by atoms with Gasteiger partial charge in [-0.05, 0) is 30.3 Å². The van der Waals surface area contributed by atoms with Crippen molar-refractivity contribution in [3.8, 4) is 0 Å². The number of benzene rings is 2. The van der Waals surface area contributed by atoms with Crippen LogP contribution < -0.4 is 5.43 Å². The van der Waals surface area contributed by atoms with Crippen LogP contribution in [-0.4, -0.2) is 4.57 Å². The van der Waals surface area contributed by atoms with Crippen molar-refractivity contribution in [1.29, 1.82) is 0 Å². The quantitative estimate of drug-likeness (QED) is 0.555. The van der Waals surface area contributed by atoms with E-state index in [1.807, 2.05) is 41.9 Å². The summed E-state index contributed by atoms with van der Waals surface area (Å²) in [4.78, 5) is 12.3. The Balaban J connectivity index is 2.68. The Kier molecular flexibility index (Phi) is 2.20. The maximum absolute atomic E-state index is 12.3. The van der Waals surface area contributed by atoms with Gasteiger partial charge in [0.2, 0.25) is 0 Å². The lowest BCUT2D eigenvalue weighted by Crippen LogP contribution is -2.08. The fourth-order valence-corrected chi connectivity index (χ4v) is 2.39. The van der Waals surface area contributed by atoms with Gasteiger partial charge in [-0.25, -0.2) is 0 Å². The molecular formula is C14H10ClNO. The Labute approximate surface area is 103 Å². The van der Waals surface area contributed by atoms with Crippen molar-refractivity contribution in [2.45, 2.75) is 0 Å². The first-order valence-electron chi connectivity index (χ1n) is 5.35. The van der Waals surface area contributed by atoms with E-state index in [4.69, 9.17) is 11.6 Å². The average molecular weight is 244 g/mol. The molecule has 0 aliphatic heterocycles. The van der Waals surface area contributed by atoms with Crippen LogP contribution in [0.2, 0.25) is 5.02 Å². The van der Waals surface area contributed by atoms with Gasteiger partial charge in [0, 0.05) is 22.8 Å². The topological polar surface area (TPSA) is 22.0 Å². The molecule has 0 fully saturated rings. The third-order valence-corrected chi connectivity index (χ3v) is 3.31. The fourth-order valence-electron chi connectivity index (χ4n) is 2.22. The van der Waals surface area contributed by atoms with E-state index in [-0.39, 0.29) is 5.43 Å². The molecule has 2 aromatic carbocycles. The summed E-state index contributed by atoms with van der Waals surface area (Å²) in [6.45, 7) is 0. The first-order valence-corrected chi connectivity index (χ1v) is 5.73. The standard InChI is InChI=1S/C14H10ClNO/c1-16-12-5-3-2-4-10(12)14(17)11-8-9(15)6-7-13(11)16/h2-8H,1H3. The average Bonchev–Trinajstić information content (AvgIpc) is 2.36. The molecule has 0 amide bonds. The highest BCUT2D eigenvalue weighted by molar-refractivity contribution is 6.31. The van der Waals surface area contributed by atoms with Crippen LogP contribution >= 0.6 is 11.6 Å². The van der Waals surface area contributed by atoms with E-state index in [1.54, 1.807) is 12.1 Å². The minimum Gasteiger partial charge on any atom is -0.343 e. The Morgan fingerprint density at radius 2 is 1.71 bits per heavy atom. The molecule has 0 atom stereocenters. The molecule has 0 N–H and O–H groups in total. The summed E-state index contributed by atoms with van der Waals surface area (Å²) in [6, 6.07) is 13.0. The molecule has 0 saturated heterocycles. The second-order valence-corrected chi connectivity index (χ2v) is 4.50. The molecule has 0 bridgehead atoms. The molecule has 0 radical (unpaired) electrons. The van der Waals surface area contributed by atoms with Gasteiger partial charge < -0.3 is 4.57 Å². The number of aromatic nitrogens is 1. The van der Waals surface area contributed by atoms with Gasteiger partial charge in [0.1, 0.15) is 0 Å². The predicted molar refractivity (Wildman–Crippen MR) is 71.7 cm³/mol. The van der Waals surface area contributed by atoms with Gasteiger partial charge in [-0.2, -0.15) is 0 Å². The van der Waals surface area contributed by atoms with Gasteiger partial charge in [-0.3, -0.25) is 4.79 Å². The van der Waals surface area contributed by atoms with Gasteiger partial charge in [-0.1, -0.05) is 23.7 Å². The van der Waals surface area contributed by atoms with Crippen LogP contribution in [0.4, 0.5) is 0 Å². The molecule has 1 aromatic heterocycles. The second-order valence-electron chi connectivity index (χ2n) is 4.07. The van der Waals surface area contributed by atoms with Gasteiger partial charge in [0.05, 0.1) is 11.0 Å². The lowest BCUT2D eigenvalue weighted by molar-refractivity contribution is 1.00. The lowest BCUT2D eigenvalue weighted by atomic mass is 10.1. The summed E-state index contributed by atoms with van der Waals surface area (Å²) < 4.78 is 2.02. The fraction of sp³-hybridized carbons (Fsp3) is 0.0714. The number of nitrogens with zero attached hydrogens (tertiary/aromatic N) is 1. The summed E-state index contributed by atoms with van der Waals surface area (Å²) in [6.07, 6.45) is 0. The van der Waals surface area contributed by atoms with Crippen molar-refractivity contribution in [3.05, 3.63) is 57.7 Å². The van der Waals surface area contributed by atoms with Gasteiger partial charge in [0.25, 0.3) is 0 Å². The molecular weight excluding hydrogens is 234 g/mol. The van der Waals surface area contributed by atoms with Crippen LogP contribution in [0.25, 0.3) is 21.8 Å². The van der Waals surface area contributed by atoms with Crippen molar-refractivity contribution >= 4 is 33.4 Å². The molecule has 2 nitrogen and oxygen atoms in total. The van der Waals surface area contributed by atoms with E-state index >= 15 is 0 Å². The second kappa shape index (κ2) is 3.60. The van der Waals surface area contributed by atoms with Gasteiger partial charge >= 0.3 is 0 Å². The van der Waals surface area contributed by atoms with Gasteiger partial charge in [0.15, 0.2) is 5.43 Å². The largest absolute Gasteiger partial charge is 0.343 e. The molecule has 0 spiro atoms. The van der Waals surface area contributed by atoms with E-state index in [0.717, 1.165) is 16.4 Å². The van der Waals surface area contributed by atoms with Crippen LogP contribution in [0.15, 0.2) is 47.3 Å². The molecule has 3 aromatic rings. The Hall–Kier alpha value is -1.80. The molecule has 1 heterocycles. The minimum atomic E-state index is 0.0381. The van der Waals surface area contributed by atoms with E-state index in [9.17, 15) is 4.79 Å². The number of fused-ring (bicyclic) bond motifs is 2. The monoisotopic (exact) mass is 243 g/mol. The van der Waals surface area contributed by atoms with E-state index < -0.39 is 0 Å². The van der Waals surface area contributed by atoms with Crippen LogP contribution in [0.3, 0.4) is 0 Å². The van der Waals surface area contributed by atoms with Crippen molar-refractivity contribution in [2.75, 3.05) is 0 Å².